The Bertz CT molecular complexity index is 491. The molecule has 0 heterocycles. The first kappa shape index (κ1) is 15.4. The van der Waals surface area contributed by atoms with Crippen molar-refractivity contribution < 1.29 is 13.2 Å². The second kappa shape index (κ2) is 7.08. The smallest absolute Gasteiger partial charge is 0.212 e. The fourth-order valence-electron chi connectivity index (χ4n) is 1.35. The van der Waals surface area contributed by atoms with E-state index in [1.165, 1.54) is 7.05 Å². The van der Waals surface area contributed by atoms with Gasteiger partial charge in [0, 0.05) is 17.6 Å². The van der Waals surface area contributed by atoms with Crippen molar-refractivity contribution in [2.24, 2.45) is 0 Å². The Morgan fingerprint density at radius 3 is 2.72 bits per heavy atom. The maximum absolute atomic E-state index is 11.2. The Morgan fingerprint density at radius 2 is 2.11 bits per heavy atom. The average Bonchev–Trinajstić information content (AvgIpc) is 2.36. The fraction of sp³-hybridized carbons (Fsp3) is 0.455. The number of ether oxygens (including phenoxy) is 1. The summed E-state index contributed by atoms with van der Waals surface area (Å²) >= 11 is 3.44. The summed E-state index contributed by atoms with van der Waals surface area (Å²) in [7, 11) is -0.124. The average molecular weight is 337 g/mol. The first-order chi connectivity index (χ1) is 8.48. The number of nitrogens with one attached hydrogen (secondary N) is 2. The van der Waals surface area contributed by atoms with Gasteiger partial charge in [0.1, 0.15) is 5.75 Å². The second-order valence-electron chi connectivity index (χ2n) is 3.66. The second-order valence-corrected chi connectivity index (χ2v) is 6.56. The van der Waals surface area contributed by atoms with E-state index >= 15 is 0 Å². The van der Waals surface area contributed by atoms with Gasteiger partial charge in [0.05, 0.1) is 12.9 Å². The topological polar surface area (TPSA) is 67.4 Å². The molecule has 0 bridgehead atoms. The highest BCUT2D eigenvalue weighted by Gasteiger charge is 2.06. The van der Waals surface area contributed by atoms with Gasteiger partial charge in [-0.25, -0.2) is 13.1 Å². The van der Waals surface area contributed by atoms with Gasteiger partial charge >= 0.3 is 0 Å². The van der Waals surface area contributed by atoms with Gasteiger partial charge in [0.15, 0.2) is 0 Å². The van der Waals surface area contributed by atoms with Crippen LogP contribution in [0.25, 0.3) is 0 Å². The molecule has 0 spiro atoms. The van der Waals surface area contributed by atoms with E-state index in [9.17, 15) is 8.42 Å². The minimum atomic E-state index is -3.15. The van der Waals surface area contributed by atoms with Crippen LogP contribution in [0.4, 0.5) is 0 Å². The molecule has 0 aliphatic heterocycles. The largest absolute Gasteiger partial charge is 0.497 e. The molecule has 102 valence electrons. The Kier molecular flexibility index (Phi) is 6.07. The lowest BCUT2D eigenvalue weighted by molar-refractivity contribution is 0.414. The molecule has 1 aromatic carbocycles. The number of benzene rings is 1. The van der Waals surface area contributed by atoms with Crippen molar-refractivity contribution in [3.8, 4) is 5.75 Å². The predicted molar refractivity (Wildman–Crippen MR) is 75.2 cm³/mol. The molecule has 0 aromatic heterocycles. The van der Waals surface area contributed by atoms with Crippen molar-refractivity contribution in [1.29, 1.82) is 0 Å². The maximum atomic E-state index is 11.2. The summed E-state index contributed by atoms with van der Waals surface area (Å²) in [6, 6.07) is 5.67. The molecule has 0 radical (unpaired) electrons. The van der Waals surface area contributed by atoms with Crippen LogP contribution in [0.3, 0.4) is 0 Å². The summed E-state index contributed by atoms with van der Waals surface area (Å²) in [4.78, 5) is 0. The molecule has 0 saturated carbocycles. The van der Waals surface area contributed by atoms with E-state index in [4.69, 9.17) is 4.74 Å². The zero-order valence-electron chi connectivity index (χ0n) is 10.4. The van der Waals surface area contributed by atoms with Crippen LogP contribution in [0.5, 0.6) is 5.75 Å². The molecule has 0 atom stereocenters. The third-order valence-corrected chi connectivity index (χ3v) is 4.56. The molecule has 2 N–H and O–H groups in total. The maximum Gasteiger partial charge on any atom is 0.212 e. The van der Waals surface area contributed by atoms with Crippen molar-refractivity contribution in [3.05, 3.63) is 28.2 Å². The van der Waals surface area contributed by atoms with Crippen LogP contribution in [0, 0.1) is 0 Å². The highest BCUT2D eigenvalue weighted by molar-refractivity contribution is 9.10. The van der Waals surface area contributed by atoms with Crippen molar-refractivity contribution in [2.75, 3.05) is 26.5 Å². The van der Waals surface area contributed by atoms with E-state index in [0.29, 0.717) is 13.1 Å². The zero-order chi connectivity index (χ0) is 13.6. The lowest BCUT2D eigenvalue weighted by atomic mass is 10.2. The molecule has 0 saturated heterocycles. The lowest BCUT2D eigenvalue weighted by Gasteiger charge is -2.09. The zero-order valence-corrected chi connectivity index (χ0v) is 12.8. The number of rotatable bonds is 7. The number of sulfonamides is 1. The summed E-state index contributed by atoms with van der Waals surface area (Å²) in [6.07, 6.45) is 0. The summed E-state index contributed by atoms with van der Waals surface area (Å²) in [5.41, 5.74) is 1.02. The van der Waals surface area contributed by atoms with E-state index in [1.807, 2.05) is 18.2 Å². The van der Waals surface area contributed by atoms with Crippen LogP contribution in [0.15, 0.2) is 22.7 Å². The highest BCUT2D eigenvalue weighted by Crippen LogP contribution is 2.22. The van der Waals surface area contributed by atoms with Gasteiger partial charge in [-0.05, 0) is 30.8 Å². The van der Waals surface area contributed by atoms with Gasteiger partial charge in [0.25, 0.3) is 0 Å². The van der Waals surface area contributed by atoms with Gasteiger partial charge in [-0.15, -0.1) is 0 Å². The monoisotopic (exact) mass is 336 g/mol. The van der Waals surface area contributed by atoms with E-state index in [-0.39, 0.29) is 5.75 Å². The Labute approximate surface area is 116 Å². The summed E-state index contributed by atoms with van der Waals surface area (Å²) in [6.45, 7) is 0.976. The van der Waals surface area contributed by atoms with E-state index in [1.54, 1.807) is 7.11 Å². The number of methoxy groups -OCH3 is 1. The van der Waals surface area contributed by atoms with Gasteiger partial charge < -0.3 is 10.1 Å². The van der Waals surface area contributed by atoms with Crippen molar-refractivity contribution in [2.45, 2.75) is 6.54 Å². The number of halogens is 1. The SMILES string of the molecule is CNS(=O)(=O)CCNCc1cc(OC)ccc1Br. The minimum Gasteiger partial charge on any atom is -0.497 e. The predicted octanol–water partition coefficient (Wildman–Crippen LogP) is 1.10. The van der Waals surface area contributed by atoms with Gasteiger partial charge in [0.2, 0.25) is 10.0 Å². The molecule has 1 aromatic rings. The Balaban J connectivity index is 2.49. The molecule has 0 amide bonds. The third-order valence-electron chi connectivity index (χ3n) is 2.43. The van der Waals surface area contributed by atoms with Crippen molar-refractivity contribution in [1.82, 2.24) is 10.0 Å². The molecule has 1 rings (SSSR count). The molecule has 7 heteroatoms. The van der Waals surface area contributed by atoms with E-state index in [0.717, 1.165) is 15.8 Å². The fourth-order valence-corrected chi connectivity index (χ4v) is 2.35. The molecule has 0 aliphatic carbocycles. The van der Waals surface area contributed by atoms with Crippen LogP contribution >= 0.6 is 15.9 Å². The van der Waals surface area contributed by atoms with Gasteiger partial charge in [-0.3, -0.25) is 0 Å². The molecule has 0 unspecified atom stereocenters. The summed E-state index contributed by atoms with van der Waals surface area (Å²) < 4.78 is 30.8. The number of hydrogen-bond donors (Lipinski definition) is 2. The molecule has 5 nitrogen and oxygen atoms in total. The molecule has 0 fully saturated rings. The van der Waals surface area contributed by atoms with Crippen molar-refractivity contribution >= 4 is 26.0 Å². The highest BCUT2D eigenvalue weighted by atomic mass is 79.9. The van der Waals surface area contributed by atoms with Crippen LogP contribution < -0.4 is 14.8 Å². The molecule has 18 heavy (non-hydrogen) atoms. The quantitative estimate of drug-likeness (QED) is 0.731. The normalized spacial score (nSPS) is 11.5. The molecular formula is C11H17BrN2O3S. The Hall–Kier alpha value is -0.630. The van der Waals surface area contributed by atoms with Crippen molar-refractivity contribution in [3.63, 3.8) is 0 Å². The van der Waals surface area contributed by atoms with Gasteiger partial charge in [-0.1, -0.05) is 15.9 Å². The Morgan fingerprint density at radius 1 is 1.39 bits per heavy atom. The number of hydrogen-bond acceptors (Lipinski definition) is 4. The van der Waals surface area contributed by atoms with E-state index in [2.05, 4.69) is 26.0 Å². The first-order valence-electron chi connectivity index (χ1n) is 5.43. The van der Waals surface area contributed by atoms with Crippen LogP contribution in [0.1, 0.15) is 5.56 Å². The van der Waals surface area contributed by atoms with Crippen LogP contribution in [-0.4, -0.2) is 34.9 Å². The van der Waals surface area contributed by atoms with Gasteiger partial charge in [-0.2, -0.15) is 0 Å². The lowest BCUT2D eigenvalue weighted by Crippen LogP contribution is -2.29. The van der Waals surface area contributed by atoms with E-state index < -0.39 is 10.0 Å². The van der Waals surface area contributed by atoms with Crippen LogP contribution in [0.2, 0.25) is 0 Å². The third kappa shape index (κ3) is 4.93. The molecular weight excluding hydrogens is 320 g/mol. The minimum absolute atomic E-state index is 0.0606. The first-order valence-corrected chi connectivity index (χ1v) is 7.87. The summed E-state index contributed by atoms with van der Waals surface area (Å²) in [5.74, 6) is 0.836. The standard InChI is InChI=1S/C11H17BrN2O3S/c1-13-18(15,16)6-5-14-8-9-7-10(17-2)3-4-11(9)12/h3-4,7,13-14H,5-6,8H2,1-2H3. The summed E-state index contributed by atoms with van der Waals surface area (Å²) in [5, 5.41) is 3.08. The van der Waals surface area contributed by atoms with Crippen LogP contribution in [-0.2, 0) is 16.6 Å². The molecule has 0 aliphatic rings.